The van der Waals surface area contributed by atoms with Gasteiger partial charge in [0.1, 0.15) is 5.75 Å². The lowest BCUT2D eigenvalue weighted by molar-refractivity contribution is -0.116. The Morgan fingerprint density at radius 1 is 1.29 bits per heavy atom. The number of amides is 1. The van der Waals surface area contributed by atoms with Gasteiger partial charge in [-0.3, -0.25) is 4.79 Å². The molecule has 90 valence electrons. The molecule has 0 bridgehead atoms. The van der Waals surface area contributed by atoms with Gasteiger partial charge in [0.2, 0.25) is 5.91 Å². The number of anilines is 2. The van der Waals surface area contributed by atoms with E-state index in [4.69, 9.17) is 10.5 Å². The van der Waals surface area contributed by atoms with Gasteiger partial charge in [-0.15, -0.1) is 0 Å². The van der Waals surface area contributed by atoms with E-state index in [1.165, 1.54) is 6.42 Å². The smallest absolute Gasteiger partial charge is 0.224 e. The van der Waals surface area contributed by atoms with Gasteiger partial charge in [-0.25, -0.2) is 0 Å². The largest absolute Gasteiger partial charge is 0.488 e. The van der Waals surface area contributed by atoms with E-state index in [9.17, 15) is 4.79 Å². The zero-order valence-electron chi connectivity index (χ0n) is 9.66. The van der Waals surface area contributed by atoms with E-state index in [2.05, 4.69) is 5.32 Å². The number of hydrogen-bond acceptors (Lipinski definition) is 3. The minimum atomic E-state index is 0.0665. The molecule has 4 nitrogen and oxygen atoms in total. The second-order valence-corrected chi connectivity index (χ2v) is 4.77. The first-order valence-electron chi connectivity index (χ1n) is 6.11. The molecular formula is C13H16N2O2. The highest BCUT2D eigenvalue weighted by Crippen LogP contribution is 2.35. The Bertz CT molecular complexity index is 467. The number of rotatable bonds is 2. The molecule has 1 aliphatic carbocycles. The van der Waals surface area contributed by atoms with Crippen LogP contribution in [0.4, 0.5) is 11.4 Å². The van der Waals surface area contributed by atoms with Gasteiger partial charge in [0.25, 0.3) is 0 Å². The molecule has 0 saturated heterocycles. The van der Waals surface area contributed by atoms with Crippen molar-refractivity contribution in [2.45, 2.75) is 38.2 Å². The summed E-state index contributed by atoms with van der Waals surface area (Å²) in [5, 5.41) is 2.86. The van der Waals surface area contributed by atoms with E-state index < -0.39 is 0 Å². The Morgan fingerprint density at radius 3 is 2.82 bits per heavy atom. The first-order chi connectivity index (χ1) is 8.22. The molecule has 1 fully saturated rings. The van der Waals surface area contributed by atoms with Gasteiger partial charge in [-0.1, -0.05) is 0 Å². The molecule has 1 saturated carbocycles. The summed E-state index contributed by atoms with van der Waals surface area (Å²) in [7, 11) is 0. The van der Waals surface area contributed by atoms with Crippen molar-refractivity contribution in [2.24, 2.45) is 0 Å². The number of ether oxygens (including phenoxy) is 1. The summed E-state index contributed by atoms with van der Waals surface area (Å²) >= 11 is 0. The lowest BCUT2D eigenvalue weighted by Crippen LogP contribution is -2.25. The Balaban J connectivity index is 1.88. The molecule has 4 heteroatoms. The van der Waals surface area contributed by atoms with Crippen LogP contribution in [0.15, 0.2) is 12.1 Å². The van der Waals surface area contributed by atoms with Crippen LogP contribution in [0.5, 0.6) is 5.75 Å². The maximum atomic E-state index is 11.3. The third kappa shape index (κ3) is 1.95. The maximum absolute atomic E-state index is 11.3. The average molecular weight is 232 g/mol. The Labute approximate surface area is 100 Å². The number of nitrogen functional groups attached to an aromatic ring is 1. The number of carbonyl (C=O) groups excluding carboxylic acids is 1. The second kappa shape index (κ2) is 3.95. The van der Waals surface area contributed by atoms with Gasteiger partial charge >= 0.3 is 0 Å². The normalized spacial score (nSPS) is 19.2. The van der Waals surface area contributed by atoms with Crippen molar-refractivity contribution in [3.63, 3.8) is 0 Å². The van der Waals surface area contributed by atoms with Crippen molar-refractivity contribution in [2.75, 3.05) is 11.1 Å². The summed E-state index contributed by atoms with van der Waals surface area (Å²) in [6, 6.07) is 3.78. The summed E-state index contributed by atoms with van der Waals surface area (Å²) in [5.41, 5.74) is 8.59. The first kappa shape index (κ1) is 10.4. The Hall–Kier alpha value is -1.71. The summed E-state index contributed by atoms with van der Waals surface area (Å²) in [4.78, 5) is 11.3. The molecule has 0 radical (unpaired) electrons. The zero-order chi connectivity index (χ0) is 11.8. The maximum Gasteiger partial charge on any atom is 0.224 e. The van der Waals surface area contributed by atoms with Crippen molar-refractivity contribution >= 4 is 17.3 Å². The van der Waals surface area contributed by atoms with E-state index in [1.54, 1.807) is 0 Å². The van der Waals surface area contributed by atoms with Crippen molar-refractivity contribution < 1.29 is 9.53 Å². The van der Waals surface area contributed by atoms with E-state index >= 15 is 0 Å². The molecule has 1 aliphatic heterocycles. The topological polar surface area (TPSA) is 64.3 Å². The van der Waals surface area contributed by atoms with Crippen LogP contribution in [0, 0.1) is 0 Å². The zero-order valence-corrected chi connectivity index (χ0v) is 9.66. The second-order valence-electron chi connectivity index (χ2n) is 4.77. The summed E-state index contributed by atoms with van der Waals surface area (Å²) in [6.07, 6.45) is 5.03. The fourth-order valence-electron chi connectivity index (χ4n) is 2.20. The summed E-state index contributed by atoms with van der Waals surface area (Å²) in [5.74, 6) is 0.771. The van der Waals surface area contributed by atoms with Gasteiger partial charge < -0.3 is 15.8 Å². The quantitative estimate of drug-likeness (QED) is 0.767. The fraction of sp³-hybridized carbons (Fsp3) is 0.462. The molecule has 3 N–H and O–H groups in total. The number of nitrogens with two attached hydrogens (primary N) is 1. The number of hydrogen-bond donors (Lipinski definition) is 2. The van der Waals surface area contributed by atoms with E-state index in [-0.39, 0.29) is 5.91 Å². The SMILES string of the molecule is Nc1cc2c(cc1OC1CCC1)NC(=O)CC2. The lowest BCUT2D eigenvalue weighted by Gasteiger charge is -2.28. The molecule has 0 unspecified atom stereocenters. The number of nitrogens with one attached hydrogen (secondary N) is 1. The van der Waals surface area contributed by atoms with Gasteiger partial charge in [-0.05, 0) is 37.3 Å². The van der Waals surface area contributed by atoms with Crippen LogP contribution in [0.2, 0.25) is 0 Å². The molecule has 1 heterocycles. The van der Waals surface area contributed by atoms with Gasteiger partial charge in [0, 0.05) is 18.2 Å². The fourth-order valence-corrected chi connectivity index (χ4v) is 2.20. The predicted molar refractivity (Wildman–Crippen MR) is 66.1 cm³/mol. The highest BCUT2D eigenvalue weighted by Gasteiger charge is 2.22. The van der Waals surface area contributed by atoms with Crippen LogP contribution >= 0.6 is 0 Å². The van der Waals surface area contributed by atoms with E-state index in [1.807, 2.05) is 12.1 Å². The lowest BCUT2D eigenvalue weighted by atomic mass is 9.96. The molecule has 1 amide bonds. The van der Waals surface area contributed by atoms with Crippen LogP contribution in [0.25, 0.3) is 0 Å². The third-order valence-electron chi connectivity index (χ3n) is 3.48. The molecule has 1 aromatic carbocycles. The van der Waals surface area contributed by atoms with Crippen molar-refractivity contribution in [1.29, 1.82) is 0 Å². The molecular weight excluding hydrogens is 216 g/mol. The van der Waals surface area contributed by atoms with Crippen LogP contribution in [0.3, 0.4) is 0 Å². The van der Waals surface area contributed by atoms with E-state index in [0.29, 0.717) is 24.0 Å². The Morgan fingerprint density at radius 2 is 2.12 bits per heavy atom. The van der Waals surface area contributed by atoms with E-state index in [0.717, 1.165) is 30.5 Å². The standard InChI is InChI=1S/C13H16N2O2/c14-10-6-8-4-5-13(16)15-11(8)7-12(10)17-9-2-1-3-9/h6-7,9H,1-5,14H2,(H,15,16). The third-order valence-corrected chi connectivity index (χ3v) is 3.48. The van der Waals surface area contributed by atoms with Crippen molar-refractivity contribution in [1.82, 2.24) is 0 Å². The first-order valence-corrected chi connectivity index (χ1v) is 6.11. The van der Waals surface area contributed by atoms with Crippen LogP contribution in [-0.2, 0) is 11.2 Å². The minimum Gasteiger partial charge on any atom is -0.488 e. The number of benzene rings is 1. The van der Waals surface area contributed by atoms with Crippen molar-refractivity contribution in [3.05, 3.63) is 17.7 Å². The number of aryl methyl sites for hydroxylation is 1. The predicted octanol–water partition coefficient (Wildman–Crippen LogP) is 2.08. The monoisotopic (exact) mass is 232 g/mol. The highest BCUT2D eigenvalue weighted by atomic mass is 16.5. The molecule has 1 aromatic rings. The molecule has 3 rings (SSSR count). The van der Waals surface area contributed by atoms with Gasteiger partial charge in [-0.2, -0.15) is 0 Å². The summed E-state index contributed by atoms with van der Waals surface area (Å²) < 4.78 is 5.81. The molecule has 0 spiro atoms. The van der Waals surface area contributed by atoms with Gasteiger partial charge in [0.05, 0.1) is 11.8 Å². The Kier molecular flexibility index (Phi) is 2.42. The minimum absolute atomic E-state index is 0.0665. The molecule has 0 aromatic heterocycles. The van der Waals surface area contributed by atoms with Crippen LogP contribution < -0.4 is 15.8 Å². The molecule has 17 heavy (non-hydrogen) atoms. The number of carbonyl (C=O) groups is 1. The number of fused-ring (bicyclic) bond motifs is 1. The average Bonchev–Trinajstić information content (AvgIpc) is 2.24. The highest BCUT2D eigenvalue weighted by molar-refractivity contribution is 5.94. The molecule has 0 atom stereocenters. The van der Waals surface area contributed by atoms with Crippen molar-refractivity contribution in [3.8, 4) is 5.75 Å². The molecule has 2 aliphatic rings. The van der Waals surface area contributed by atoms with Gasteiger partial charge in [0.15, 0.2) is 0 Å². The van der Waals surface area contributed by atoms with Crippen LogP contribution in [-0.4, -0.2) is 12.0 Å². The summed E-state index contributed by atoms with van der Waals surface area (Å²) in [6.45, 7) is 0. The van der Waals surface area contributed by atoms with Crippen LogP contribution in [0.1, 0.15) is 31.2 Å².